The highest BCUT2D eigenvalue weighted by Crippen LogP contribution is 2.25. The number of aryl methyl sites for hydroxylation is 1. The number of hydrogen-bond donors (Lipinski definition) is 1. The topological polar surface area (TPSA) is 24.9 Å². The number of benzene rings is 1. The monoisotopic (exact) mass is 268 g/mol. The fraction of sp³-hybridized carbons (Fsp3) is 0.389. The summed E-state index contributed by atoms with van der Waals surface area (Å²) in [7, 11) is 2.00. The maximum Gasteiger partial charge on any atom is 0.0751 e. The average molecular weight is 268 g/mol. The van der Waals surface area contributed by atoms with Crippen LogP contribution in [0.2, 0.25) is 0 Å². The van der Waals surface area contributed by atoms with E-state index < -0.39 is 0 Å². The van der Waals surface area contributed by atoms with Crippen LogP contribution in [0.3, 0.4) is 0 Å². The third-order valence-corrected chi connectivity index (χ3v) is 3.81. The number of hydrogen-bond acceptors (Lipinski definition) is 2. The Hall–Kier alpha value is -1.67. The second-order valence-corrected chi connectivity index (χ2v) is 5.44. The van der Waals surface area contributed by atoms with E-state index in [1.165, 1.54) is 16.7 Å². The van der Waals surface area contributed by atoms with Gasteiger partial charge in [0.2, 0.25) is 0 Å². The lowest BCUT2D eigenvalue weighted by molar-refractivity contribution is 0.661. The van der Waals surface area contributed by atoms with Crippen molar-refractivity contribution in [1.29, 1.82) is 0 Å². The predicted octanol–water partition coefficient (Wildman–Crippen LogP) is 4.08. The highest BCUT2D eigenvalue weighted by atomic mass is 14.9. The van der Waals surface area contributed by atoms with Crippen LogP contribution in [0.15, 0.2) is 42.6 Å². The van der Waals surface area contributed by atoms with E-state index in [1.807, 2.05) is 19.3 Å². The zero-order chi connectivity index (χ0) is 14.5. The first-order valence-corrected chi connectivity index (χ1v) is 7.38. The summed E-state index contributed by atoms with van der Waals surface area (Å²) in [6.45, 7) is 6.62. The Labute approximate surface area is 122 Å². The molecule has 1 atom stereocenters. The molecular weight excluding hydrogens is 244 g/mol. The summed E-state index contributed by atoms with van der Waals surface area (Å²) in [6, 6.07) is 13.2. The first kappa shape index (κ1) is 14.7. The Morgan fingerprint density at radius 2 is 1.70 bits per heavy atom. The third-order valence-electron chi connectivity index (χ3n) is 3.81. The van der Waals surface area contributed by atoms with Crippen molar-refractivity contribution in [2.75, 3.05) is 7.05 Å². The van der Waals surface area contributed by atoms with Gasteiger partial charge in [-0.15, -0.1) is 0 Å². The molecule has 0 saturated carbocycles. The van der Waals surface area contributed by atoms with Crippen LogP contribution < -0.4 is 5.32 Å². The van der Waals surface area contributed by atoms with Gasteiger partial charge in [-0.25, -0.2) is 0 Å². The van der Waals surface area contributed by atoms with Crippen molar-refractivity contribution >= 4 is 0 Å². The third kappa shape index (κ3) is 3.07. The van der Waals surface area contributed by atoms with E-state index in [4.69, 9.17) is 0 Å². The molecule has 1 aromatic carbocycles. The molecule has 2 aromatic rings. The molecule has 0 aliphatic rings. The number of nitrogens with one attached hydrogen (secondary N) is 1. The van der Waals surface area contributed by atoms with Gasteiger partial charge in [-0.05, 0) is 42.1 Å². The zero-order valence-corrected chi connectivity index (χ0v) is 12.9. The molecule has 0 amide bonds. The van der Waals surface area contributed by atoms with Crippen molar-refractivity contribution in [2.45, 2.75) is 39.2 Å². The normalized spacial score (nSPS) is 12.7. The molecule has 0 saturated heterocycles. The summed E-state index contributed by atoms with van der Waals surface area (Å²) < 4.78 is 0. The van der Waals surface area contributed by atoms with Gasteiger partial charge in [0.05, 0.1) is 11.7 Å². The first-order valence-electron chi connectivity index (χ1n) is 7.38. The van der Waals surface area contributed by atoms with Crippen molar-refractivity contribution in [3.63, 3.8) is 0 Å². The summed E-state index contributed by atoms with van der Waals surface area (Å²) in [4.78, 5) is 4.59. The SMILES string of the molecule is CCc1cccnc1C(NC)c1ccc(C(C)C)cc1. The summed E-state index contributed by atoms with van der Waals surface area (Å²) in [5.41, 5.74) is 5.08. The smallest absolute Gasteiger partial charge is 0.0751 e. The summed E-state index contributed by atoms with van der Waals surface area (Å²) in [5.74, 6) is 0.568. The molecule has 0 aliphatic heterocycles. The van der Waals surface area contributed by atoms with Gasteiger partial charge in [0.15, 0.2) is 0 Å². The number of rotatable bonds is 5. The van der Waals surface area contributed by atoms with E-state index in [0.29, 0.717) is 5.92 Å². The highest BCUT2D eigenvalue weighted by Gasteiger charge is 2.16. The Morgan fingerprint density at radius 1 is 1.05 bits per heavy atom. The quantitative estimate of drug-likeness (QED) is 0.884. The zero-order valence-electron chi connectivity index (χ0n) is 12.9. The van der Waals surface area contributed by atoms with Gasteiger partial charge < -0.3 is 5.32 Å². The van der Waals surface area contributed by atoms with Crippen molar-refractivity contribution in [3.8, 4) is 0 Å². The van der Waals surface area contributed by atoms with Crippen LogP contribution >= 0.6 is 0 Å². The number of aromatic nitrogens is 1. The van der Waals surface area contributed by atoms with Crippen LogP contribution in [0.4, 0.5) is 0 Å². The summed E-state index contributed by atoms with van der Waals surface area (Å²) in [5, 5.41) is 3.40. The largest absolute Gasteiger partial charge is 0.308 e. The lowest BCUT2D eigenvalue weighted by Crippen LogP contribution is -2.20. The molecule has 1 N–H and O–H groups in total. The van der Waals surface area contributed by atoms with Crippen LogP contribution in [0, 0.1) is 0 Å². The molecule has 106 valence electrons. The molecule has 2 nitrogen and oxygen atoms in total. The highest BCUT2D eigenvalue weighted by molar-refractivity contribution is 5.35. The fourth-order valence-electron chi connectivity index (χ4n) is 2.54. The lowest BCUT2D eigenvalue weighted by Gasteiger charge is -2.19. The maximum absolute atomic E-state index is 4.59. The molecule has 2 rings (SSSR count). The maximum atomic E-state index is 4.59. The Bertz CT molecular complexity index is 544. The standard InChI is InChI=1S/C18H24N2/c1-5-14-7-6-12-20-18(14)17(19-4)16-10-8-15(9-11-16)13(2)3/h6-13,17,19H,5H2,1-4H3. The van der Waals surface area contributed by atoms with E-state index >= 15 is 0 Å². The summed E-state index contributed by atoms with van der Waals surface area (Å²) >= 11 is 0. The minimum Gasteiger partial charge on any atom is -0.308 e. The van der Waals surface area contributed by atoms with Crippen molar-refractivity contribution in [1.82, 2.24) is 10.3 Å². The lowest BCUT2D eigenvalue weighted by atomic mass is 9.95. The van der Waals surface area contributed by atoms with E-state index in [1.54, 1.807) is 0 Å². The van der Waals surface area contributed by atoms with Crippen LogP contribution in [-0.2, 0) is 6.42 Å². The van der Waals surface area contributed by atoms with Crippen molar-refractivity contribution in [2.24, 2.45) is 0 Å². The van der Waals surface area contributed by atoms with Crippen molar-refractivity contribution in [3.05, 3.63) is 65.0 Å². The molecule has 0 fully saturated rings. The molecule has 0 spiro atoms. The van der Waals surface area contributed by atoms with E-state index in [0.717, 1.165) is 12.1 Å². The van der Waals surface area contributed by atoms with Crippen LogP contribution in [0.5, 0.6) is 0 Å². The van der Waals surface area contributed by atoms with Gasteiger partial charge in [-0.3, -0.25) is 4.98 Å². The Balaban J connectivity index is 2.36. The molecule has 1 unspecified atom stereocenters. The van der Waals surface area contributed by atoms with E-state index in [2.05, 4.69) is 61.4 Å². The second-order valence-electron chi connectivity index (χ2n) is 5.44. The van der Waals surface area contributed by atoms with E-state index in [9.17, 15) is 0 Å². The summed E-state index contributed by atoms with van der Waals surface area (Å²) in [6.07, 6.45) is 2.88. The van der Waals surface area contributed by atoms with Gasteiger partial charge in [0.25, 0.3) is 0 Å². The van der Waals surface area contributed by atoms with Gasteiger partial charge >= 0.3 is 0 Å². The molecule has 1 aromatic heterocycles. The molecule has 0 bridgehead atoms. The minimum atomic E-state index is 0.160. The van der Waals surface area contributed by atoms with Gasteiger partial charge in [-0.1, -0.05) is 51.1 Å². The van der Waals surface area contributed by atoms with Crippen LogP contribution in [0.25, 0.3) is 0 Å². The molecular formula is C18H24N2. The predicted molar refractivity (Wildman–Crippen MR) is 85.0 cm³/mol. The Morgan fingerprint density at radius 3 is 2.25 bits per heavy atom. The van der Waals surface area contributed by atoms with Gasteiger partial charge in [0, 0.05) is 6.20 Å². The van der Waals surface area contributed by atoms with E-state index in [-0.39, 0.29) is 6.04 Å². The first-order chi connectivity index (χ1) is 9.67. The van der Waals surface area contributed by atoms with Crippen molar-refractivity contribution < 1.29 is 0 Å². The molecule has 0 aliphatic carbocycles. The molecule has 2 heteroatoms. The minimum absolute atomic E-state index is 0.160. The Kier molecular flexibility index (Phi) is 4.91. The molecule has 0 radical (unpaired) electrons. The fourth-order valence-corrected chi connectivity index (χ4v) is 2.54. The number of nitrogens with zero attached hydrogens (tertiary/aromatic N) is 1. The van der Waals surface area contributed by atoms with Crippen LogP contribution in [0.1, 0.15) is 55.1 Å². The van der Waals surface area contributed by atoms with Gasteiger partial charge in [0.1, 0.15) is 0 Å². The average Bonchev–Trinajstić information content (AvgIpc) is 2.49. The second kappa shape index (κ2) is 6.67. The van der Waals surface area contributed by atoms with Gasteiger partial charge in [-0.2, -0.15) is 0 Å². The number of pyridine rings is 1. The molecule has 20 heavy (non-hydrogen) atoms. The van der Waals surface area contributed by atoms with Crippen LogP contribution in [-0.4, -0.2) is 12.0 Å². The molecule has 1 heterocycles.